The maximum Gasteiger partial charge on any atom is 0.241 e. The Hall–Kier alpha value is -2.63. The maximum atomic E-state index is 12.9. The zero-order chi connectivity index (χ0) is 24.6. The first kappa shape index (κ1) is 28.6. The second-order valence-electron chi connectivity index (χ2n) is 8.42. The van der Waals surface area contributed by atoms with Gasteiger partial charge in [0.25, 0.3) is 0 Å². The zero-order valence-electron chi connectivity index (χ0n) is 20.2. The molecule has 0 radical (unpaired) electrons. The molecule has 4 aromatic carbocycles. The molecule has 0 aliphatic rings. The van der Waals surface area contributed by atoms with Crippen molar-refractivity contribution in [2.24, 2.45) is 5.73 Å². The molecule has 0 aliphatic carbocycles. The van der Waals surface area contributed by atoms with Gasteiger partial charge in [-0.05, 0) is 44.0 Å². The first-order chi connectivity index (χ1) is 16.3. The van der Waals surface area contributed by atoms with Crippen LogP contribution in [0.1, 0.15) is 39.9 Å². The van der Waals surface area contributed by atoms with Gasteiger partial charge in [0, 0.05) is 19.5 Å². The Balaban J connectivity index is 0.000000409. The van der Waals surface area contributed by atoms with E-state index in [1.54, 1.807) is 24.3 Å². The van der Waals surface area contributed by atoms with Crippen molar-refractivity contribution in [1.29, 1.82) is 0 Å². The average molecular weight is 574 g/mol. The fourth-order valence-corrected chi connectivity index (χ4v) is 4.88. The SMILES string of the molecule is Cc1ccc(S(=O)(=O)N[C@@H](c2ccccc2)[C@@H](N)c2ccccc2)cc1.Cc1cccc(C)c1.[Ru]. The van der Waals surface area contributed by atoms with Crippen LogP contribution in [0.3, 0.4) is 0 Å². The van der Waals surface area contributed by atoms with Crippen molar-refractivity contribution >= 4 is 10.0 Å². The van der Waals surface area contributed by atoms with E-state index in [0.717, 1.165) is 16.7 Å². The molecule has 0 saturated heterocycles. The third-order valence-corrected chi connectivity index (χ3v) is 6.95. The van der Waals surface area contributed by atoms with Crippen molar-refractivity contribution in [3.8, 4) is 0 Å². The van der Waals surface area contributed by atoms with Gasteiger partial charge in [-0.2, -0.15) is 0 Å². The molecule has 0 heterocycles. The van der Waals surface area contributed by atoms with Crippen molar-refractivity contribution in [2.45, 2.75) is 37.8 Å². The standard InChI is InChI=1S/C21H22N2O2S.C8H10.Ru/c1-16-12-14-19(15-13-16)26(24,25)23-21(18-10-6-3-7-11-18)20(22)17-8-4-2-5-9-17;1-7-4-3-5-8(2)6-7;/h2-15,20-21,23H,22H2,1H3;3-6H,1-2H3;/t20-,21-;;/m0../s1. The van der Waals surface area contributed by atoms with Gasteiger partial charge in [0.1, 0.15) is 0 Å². The summed E-state index contributed by atoms with van der Waals surface area (Å²) in [6, 6.07) is 33.0. The van der Waals surface area contributed by atoms with E-state index in [0.29, 0.717) is 0 Å². The summed E-state index contributed by atoms with van der Waals surface area (Å²) in [6.07, 6.45) is 0. The molecule has 4 rings (SSSR count). The van der Waals surface area contributed by atoms with Gasteiger partial charge in [-0.25, -0.2) is 13.1 Å². The number of aryl methyl sites for hydroxylation is 3. The van der Waals surface area contributed by atoms with Crippen LogP contribution in [0.5, 0.6) is 0 Å². The summed E-state index contributed by atoms with van der Waals surface area (Å²) in [5.41, 5.74) is 11.8. The molecule has 4 nitrogen and oxygen atoms in total. The van der Waals surface area contributed by atoms with Crippen LogP contribution in [-0.4, -0.2) is 8.42 Å². The van der Waals surface area contributed by atoms with Crippen molar-refractivity contribution in [3.63, 3.8) is 0 Å². The molecular weight excluding hydrogens is 541 g/mol. The van der Waals surface area contributed by atoms with E-state index in [-0.39, 0.29) is 24.4 Å². The largest absolute Gasteiger partial charge is 0.322 e. The minimum absolute atomic E-state index is 0. The Morgan fingerprint density at radius 1 is 0.629 bits per heavy atom. The smallest absolute Gasteiger partial charge is 0.241 e. The second-order valence-corrected chi connectivity index (χ2v) is 10.1. The first-order valence-electron chi connectivity index (χ1n) is 11.2. The van der Waals surface area contributed by atoms with E-state index in [4.69, 9.17) is 5.73 Å². The topological polar surface area (TPSA) is 72.2 Å². The van der Waals surface area contributed by atoms with Crippen LogP contribution in [0.4, 0.5) is 0 Å². The third-order valence-electron chi connectivity index (χ3n) is 5.49. The van der Waals surface area contributed by atoms with E-state index < -0.39 is 22.1 Å². The van der Waals surface area contributed by atoms with Gasteiger partial charge in [0.15, 0.2) is 0 Å². The van der Waals surface area contributed by atoms with Crippen LogP contribution in [0, 0.1) is 20.8 Å². The molecule has 0 bridgehead atoms. The van der Waals surface area contributed by atoms with Gasteiger partial charge < -0.3 is 5.73 Å². The van der Waals surface area contributed by atoms with Crippen LogP contribution in [0.2, 0.25) is 0 Å². The quantitative estimate of drug-likeness (QED) is 0.277. The van der Waals surface area contributed by atoms with E-state index in [1.807, 2.05) is 67.6 Å². The van der Waals surface area contributed by atoms with Gasteiger partial charge in [0.05, 0.1) is 17.0 Å². The summed E-state index contributed by atoms with van der Waals surface area (Å²) in [6.45, 7) is 6.13. The number of sulfonamides is 1. The first-order valence-corrected chi connectivity index (χ1v) is 12.7. The molecule has 0 saturated carbocycles. The fourth-order valence-electron chi connectivity index (χ4n) is 3.64. The third kappa shape index (κ3) is 8.52. The monoisotopic (exact) mass is 574 g/mol. The molecule has 4 aromatic rings. The number of hydrogen-bond donors (Lipinski definition) is 2. The summed E-state index contributed by atoms with van der Waals surface area (Å²) >= 11 is 0. The molecule has 0 spiro atoms. The van der Waals surface area contributed by atoms with Gasteiger partial charge in [-0.15, -0.1) is 0 Å². The second kappa shape index (κ2) is 13.5. The van der Waals surface area contributed by atoms with Crippen LogP contribution in [0.15, 0.2) is 114 Å². The predicted octanol–water partition coefficient (Wildman–Crippen LogP) is 6.02. The Bertz CT molecular complexity index is 1260. The number of benzene rings is 4. The van der Waals surface area contributed by atoms with Crippen LogP contribution in [0.25, 0.3) is 0 Å². The summed E-state index contributed by atoms with van der Waals surface area (Å²) < 4.78 is 28.6. The zero-order valence-corrected chi connectivity index (χ0v) is 22.8. The van der Waals surface area contributed by atoms with Gasteiger partial charge >= 0.3 is 0 Å². The maximum absolute atomic E-state index is 12.9. The average Bonchev–Trinajstić information content (AvgIpc) is 2.84. The van der Waals surface area contributed by atoms with Crippen molar-refractivity contribution in [3.05, 3.63) is 137 Å². The molecule has 35 heavy (non-hydrogen) atoms. The normalized spacial score (nSPS) is 12.5. The van der Waals surface area contributed by atoms with E-state index in [2.05, 4.69) is 42.8 Å². The molecule has 6 heteroatoms. The van der Waals surface area contributed by atoms with Crippen molar-refractivity contribution in [2.75, 3.05) is 0 Å². The van der Waals surface area contributed by atoms with Crippen LogP contribution >= 0.6 is 0 Å². The number of nitrogens with two attached hydrogens (primary N) is 1. The number of hydrogen-bond acceptors (Lipinski definition) is 3. The molecule has 0 unspecified atom stereocenters. The predicted molar refractivity (Wildman–Crippen MR) is 140 cm³/mol. The molecule has 184 valence electrons. The molecular formula is C29H32N2O2RuS. The van der Waals surface area contributed by atoms with Crippen LogP contribution < -0.4 is 10.5 Å². The minimum Gasteiger partial charge on any atom is -0.322 e. The molecule has 0 aliphatic heterocycles. The molecule has 0 aromatic heterocycles. The summed E-state index contributed by atoms with van der Waals surface area (Å²) in [7, 11) is -3.71. The van der Waals surface area contributed by atoms with Gasteiger partial charge in [-0.3, -0.25) is 0 Å². The molecule has 0 fully saturated rings. The Labute approximate surface area is 222 Å². The number of rotatable bonds is 6. The summed E-state index contributed by atoms with van der Waals surface area (Å²) in [4.78, 5) is 0.226. The fraction of sp³-hybridized carbons (Fsp3) is 0.172. The minimum atomic E-state index is -3.71. The Morgan fingerprint density at radius 2 is 1.11 bits per heavy atom. The Kier molecular flexibility index (Phi) is 11.0. The summed E-state index contributed by atoms with van der Waals surface area (Å²) in [5.74, 6) is 0. The van der Waals surface area contributed by atoms with Gasteiger partial charge in [0.2, 0.25) is 10.0 Å². The Morgan fingerprint density at radius 3 is 1.57 bits per heavy atom. The van der Waals surface area contributed by atoms with Crippen molar-refractivity contribution < 1.29 is 27.9 Å². The molecule has 2 atom stereocenters. The van der Waals surface area contributed by atoms with Crippen molar-refractivity contribution in [1.82, 2.24) is 4.72 Å². The molecule has 3 N–H and O–H groups in total. The number of nitrogens with one attached hydrogen (secondary N) is 1. The van der Waals surface area contributed by atoms with Crippen LogP contribution in [-0.2, 0) is 29.5 Å². The van der Waals surface area contributed by atoms with Gasteiger partial charge in [-0.1, -0.05) is 114 Å². The van der Waals surface area contributed by atoms with E-state index in [9.17, 15) is 8.42 Å². The van der Waals surface area contributed by atoms with E-state index in [1.165, 1.54) is 11.1 Å². The summed E-state index contributed by atoms with van der Waals surface area (Å²) in [5, 5.41) is 0. The van der Waals surface area contributed by atoms with E-state index >= 15 is 0 Å². The molecule has 0 amide bonds.